The number of imide groups is 1. The molecule has 0 radical (unpaired) electrons. The number of anilines is 4. The van der Waals surface area contributed by atoms with Gasteiger partial charge in [0.25, 0.3) is 5.24 Å². The molecule has 2 fully saturated rings. The number of carbonyl (C=O) groups excluding carboxylic acids is 2. The van der Waals surface area contributed by atoms with Gasteiger partial charge in [0.15, 0.2) is 0 Å². The zero-order valence-electron chi connectivity index (χ0n) is 18.2. The van der Waals surface area contributed by atoms with E-state index in [0.29, 0.717) is 17.6 Å². The van der Waals surface area contributed by atoms with Crippen LogP contribution in [-0.2, 0) is 4.79 Å². The summed E-state index contributed by atoms with van der Waals surface area (Å²) in [6.45, 7) is 0.866. The number of aromatic nitrogens is 3. The van der Waals surface area contributed by atoms with Crippen molar-refractivity contribution in [2.45, 2.75) is 37.4 Å². The third-order valence-corrected chi connectivity index (χ3v) is 6.29. The van der Waals surface area contributed by atoms with Crippen molar-refractivity contribution in [2.24, 2.45) is 5.92 Å². The van der Waals surface area contributed by atoms with E-state index in [9.17, 15) is 19.1 Å². The summed E-state index contributed by atoms with van der Waals surface area (Å²) in [6, 6.07) is 3.62. The first-order valence-electron chi connectivity index (χ1n) is 10.4. The van der Waals surface area contributed by atoms with Crippen molar-refractivity contribution >= 4 is 46.4 Å². The smallest absolute Gasteiger partial charge is 0.870 e. The van der Waals surface area contributed by atoms with E-state index in [0.717, 1.165) is 43.3 Å². The Hall–Kier alpha value is -2.15. The summed E-state index contributed by atoms with van der Waals surface area (Å²) in [5.74, 6) is -0.748. The molecule has 10 nitrogen and oxygen atoms in total. The van der Waals surface area contributed by atoms with Crippen LogP contribution in [0.4, 0.5) is 32.7 Å². The molecule has 170 valence electrons. The second-order valence-corrected chi connectivity index (χ2v) is 8.90. The Balaban J connectivity index is 0.00000306. The van der Waals surface area contributed by atoms with Crippen LogP contribution >= 0.6 is 11.8 Å². The van der Waals surface area contributed by atoms with Crippen LogP contribution in [0.5, 0.6) is 5.75 Å². The van der Waals surface area contributed by atoms with Crippen LogP contribution in [0.15, 0.2) is 18.2 Å². The van der Waals surface area contributed by atoms with E-state index in [4.69, 9.17) is 0 Å². The van der Waals surface area contributed by atoms with Crippen molar-refractivity contribution in [2.75, 3.05) is 29.0 Å². The molecule has 1 aromatic carbocycles. The predicted octanol–water partition coefficient (Wildman–Crippen LogP) is -0.412. The fourth-order valence-electron chi connectivity index (χ4n) is 3.64. The molecular formula is C20H23FN7NaO3S. The number of hydrogen-bond donors (Lipinski definition) is 4. The van der Waals surface area contributed by atoms with Gasteiger partial charge in [-0.25, -0.2) is 4.39 Å². The van der Waals surface area contributed by atoms with Crippen LogP contribution in [0.3, 0.4) is 0 Å². The fourth-order valence-corrected chi connectivity index (χ4v) is 4.39. The van der Waals surface area contributed by atoms with Gasteiger partial charge in [-0.05, 0) is 42.7 Å². The Kier molecular flexibility index (Phi) is 9.12. The summed E-state index contributed by atoms with van der Waals surface area (Å²) >= 11 is 0.900. The third kappa shape index (κ3) is 7.16. The summed E-state index contributed by atoms with van der Waals surface area (Å²) in [5.41, 5.74) is 0.314. The third-order valence-electron chi connectivity index (χ3n) is 5.31. The second-order valence-electron chi connectivity index (χ2n) is 7.73. The Morgan fingerprint density at radius 2 is 1.70 bits per heavy atom. The van der Waals surface area contributed by atoms with Gasteiger partial charge >= 0.3 is 29.6 Å². The number of carbonyl (C=O) groups is 2. The van der Waals surface area contributed by atoms with Crippen LogP contribution < -0.4 is 55.9 Å². The Bertz CT molecular complexity index is 1010. The summed E-state index contributed by atoms with van der Waals surface area (Å²) in [5, 5.41) is 21.6. The Labute approximate surface area is 216 Å². The zero-order chi connectivity index (χ0) is 22.5. The number of rotatable bonds is 8. The van der Waals surface area contributed by atoms with E-state index >= 15 is 0 Å². The van der Waals surface area contributed by atoms with Gasteiger partial charge in [0.05, 0.1) is 0 Å². The fraction of sp³-hybridized carbons (Fsp3) is 0.450. The normalized spacial score (nSPS) is 18.4. The van der Waals surface area contributed by atoms with Crippen molar-refractivity contribution in [3.05, 3.63) is 24.0 Å². The van der Waals surface area contributed by atoms with Crippen molar-refractivity contribution in [1.82, 2.24) is 20.3 Å². The molecule has 1 atom stereocenters. The van der Waals surface area contributed by atoms with Gasteiger partial charge in [-0.3, -0.25) is 14.9 Å². The van der Waals surface area contributed by atoms with Crippen LogP contribution in [0.2, 0.25) is 0 Å². The molecule has 1 unspecified atom stereocenters. The van der Waals surface area contributed by atoms with E-state index in [2.05, 4.69) is 36.2 Å². The maximum atomic E-state index is 13.6. The molecule has 13 heteroatoms. The van der Waals surface area contributed by atoms with Gasteiger partial charge < -0.3 is 21.1 Å². The molecule has 2 aliphatic rings. The number of halogens is 1. The van der Waals surface area contributed by atoms with Gasteiger partial charge in [-0.2, -0.15) is 15.0 Å². The first-order chi connectivity index (χ1) is 15.5. The summed E-state index contributed by atoms with van der Waals surface area (Å²) < 4.78 is 13.6. The Morgan fingerprint density at radius 1 is 1.03 bits per heavy atom. The Morgan fingerprint density at radius 3 is 2.33 bits per heavy atom. The molecule has 0 spiro atoms. The van der Waals surface area contributed by atoms with Crippen LogP contribution in [0, 0.1) is 11.7 Å². The molecule has 1 saturated heterocycles. The molecule has 1 aliphatic carbocycles. The van der Waals surface area contributed by atoms with Crippen molar-refractivity contribution < 1.29 is 48.6 Å². The number of nitrogens with zero attached hydrogens (tertiary/aromatic N) is 3. The molecule has 0 bridgehead atoms. The van der Waals surface area contributed by atoms with Gasteiger partial charge in [0, 0.05) is 18.8 Å². The number of amides is 2. The average molecular weight is 484 g/mol. The van der Waals surface area contributed by atoms with Crippen molar-refractivity contribution in [1.29, 1.82) is 0 Å². The largest absolute Gasteiger partial charge is 1.00 e. The van der Waals surface area contributed by atoms with Crippen LogP contribution in [-0.4, -0.2) is 44.4 Å². The molecule has 2 aromatic rings. The van der Waals surface area contributed by atoms with E-state index in [1.807, 2.05) is 0 Å². The number of hydrogen-bond acceptors (Lipinski definition) is 10. The molecule has 2 heterocycles. The quantitative estimate of drug-likeness (QED) is 0.366. The molecule has 1 saturated carbocycles. The van der Waals surface area contributed by atoms with Crippen LogP contribution in [0.1, 0.15) is 32.1 Å². The molecule has 33 heavy (non-hydrogen) atoms. The molecule has 4 N–H and O–H groups in total. The number of nitrogens with one attached hydrogen (secondary N) is 4. The molecular weight excluding hydrogens is 460 g/mol. The standard InChI is InChI=1S/C20H24FN7O3S.Na/c21-13-8-12(6-7-14(13)29)24-19-27-17(22-9-11-4-2-1-3-5-11)26-18(28-19)23-10-15-16(30)25-20(31)32-15;/h6-8,11,15,29H,1-5,9-10H2,(H,25,30,31)(H3,22,23,24,26,27,28);/q;+1/p-1. The monoisotopic (exact) mass is 483 g/mol. The predicted molar refractivity (Wildman–Crippen MR) is 117 cm³/mol. The van der Waals surface area contributed by atoms with Crippen molar-refractivity contribution in [3.63, 3.8) is 0 Å². The number of benzene rings is 1. The maximum absolute atomic E-state index is 13.6. The van der Waals surface area contributed by atoms with Gasteiger partial charge in [0.1, 0.15) is 11.1 Å². The minimum absolute atomic E-state index is 0. The summed E-state index contributed by atoms with van der Waals surface area (Å²) in [7, 11) is 0. The maximum Gasteiger partial charge on any atom is 1.00 e. The first kappa shape index (κ1) is 25.5. The van der Waals surface area contributed by atoms with E-state index in [-0.39, 0.29) is 53.9 Å². The summed E-state index contributed by atoms with van der Waals surface area (Å²) in [6.07, 6.45) is 5.99. The van der Waals surface area contributed by atoms with Crippen LogP contribution in [0.25, 0.3) is 0 Å². The van der Waals surface area contributed by atoms with E-state index in [1.54, 1.807) is 0 Å². The molecule has 2 amide bonds. The SMILES string of the molecule is O=C1NC(=O)C(CNc2nc(NCC3CCCCC3)nc(Nc3ccc([O-])c(F)c3)n2)S1.[Na+]. The molecule has 1 aromatic heterocycles. The molecule has 4 rings (SSSR count). The zero-order valence-corrected chi connectivity index (χ0v) is 21.0. The van der Waals surface area contributed by atoms with E-state index in [1.165, 1.54) is 25.3 Å². The second kappa shape index (κ2) is 11.8. The van der Waals surface area contributed by atoms with Gasteiger partial charge in [-0.15, -0.1) is 0 Å². The minimum atomic E-state index is -0.882. The molecule has 1 aliphatic heterocycles. The number of thioether (sulfide) groups is 1. The topological polar surface area (TPSA) is 144 Å². The van der Waals surface area contributed by atoms with E-state index < -0.39 is 22.1 Å². The average Bonchev–Trinajstić information content (AvgIpc) is 3.11. The minimum Gasteiger partial charge on any atom is -0.870 e. The summed E-state index contributed by atoms with van der Waals surface area (Å²) in [4.78, 5) is 36.1. The first-order valence-corrected chi connectivity index (χ1v) is 11.3. The van der Waals surface area contributed by atoms with Gasteiger partial charge in [0.2, 0.25) is 23.8 Å². The van der Waals surface area contributed by atoms with Crippen molar-refractivity contribution in [3.8, 4) is 5.75 Å². The van der Waals surface area contributed by atoms with Gasteiger partial charge in [-0.1, -0.05) is 31.1 Å².